The van der Waals surface area contributed by atoms with Gasteiger partial charge in [-0.3, -0.25) is 4.21 Å². The van der Waals surface area contributed by atoms with E-state index in [1.165, 1.54) is 6.42 Å². The van der Waals surface area contributed by atoms with Gasteiger partial charge >= 0.3 is 0 Å². The second kappa shape index (κ2) is 6.57. The van der Waals surface area contributed by atoms with Gasteiger partial charge in [0.25, 0.3) is 0 Å². The van der Waals surface area contributed by atoms with Crippen LogP contribution in [0.3, 0.4) is 0 Å². The van der Waals surface area contributed by atoms with Crippen molar-refractivity contribution in [1.29, 1.82) is 0 Å². The highest BCUT2D eigenvalue weighted by molar-refractivity contribution is 7.85. The van der Waals surface area contributed by atoms with E-state index in [1.54, 1.807) is 0 Å². The van der Waals surface area contributed by atoms with Gasteiger partial charge in [-0.2, -0.15) is 0 Å². The summed E-state index contributed by atoms with van der Waals surface area (Å²) in [6, 6.07) is 3.59. The maximum absolute atomic E-state index is 13.5. The van der Waals surface area contributed by atoms with Crippen molar-refractivity contribution < 1.29 is 13.0 Å². The molecule has 1 aliphatic carbocycles. The smallest absolute Gasteiger partial charge is 0.139 e. The van der Waals surface area contributed by atoms with Gasteiger partial charge < -0.3 is 5.32 Å². The topological polar surface area (TPSA) is 29.1 Å². The molecule has 1 saturated carbocycles. The second-order valence-electron chi connectivity index (χ2n) is 5.00. The molecule has 0 aromatic heterocycles. The van der Waals surface area contributed by atoms with E-state index in [0.29, 0.717) is 17.7 Å². The van der Waals surface area contributed by atoms with Crippen molar-refractivity contribution >= 4 is 10.8 Å². The third kappa shape index (κ3) is 3.60. The highest BCUT2D eigenvalue weighted by atomic mass is 32.2. The lowest BCUT2D eigenvalue weighted by atomic mass is 10.0. The Hall–Kier alpha value is -0.810. The third-order valence-electron chi connectivity index (χ3n) is 3.84. The van der Waals surface area contributed by atoms with Gasteiger partial charge in [0.05, 0.1) is 15.7 Å². The molecular formula is C14H19F2NOS. The minimum Gasteiger partial charge on any atom is -0.317 e. The summed E-state index contributed by atoms with van der Waals surface area (Å²) in [5.41, 5.74) is 0. The summed E-state index contributed by atoms with van der Waals surface area (Å²) in [4.78, 5) is -0.0148. The molecule has 1 aromatic carbocycles. The zero-order valence-corrected chi connectivity index (χ0v) is 11.8. The van der Waals surface area contributed by atoms with Gasteiger partial charge in [0.2, 0.25) is 0 Å². The molecule has 1 aromatic rings. The van der Waals surface area contributed by atoms with E-state index in [0.717, 1.165) is 37.5 Å². The standard InChI is InChI=1S/C14H19F2NOS/c1-17-13-4-2-3-10(13)7-8-19(18)14-9-11(15)5-6-12(14)16/h5-6,9-10,13,17H,2-4,7-8H2,1H3. The fourth-order valence-corrected chi connectivity index (χ4v) is 4.05. The average Bonchev–Trinajstić information content (AvgIpc) is 2.86. The maximum Gasteiger partial charge on any atom is 0.139 e. The molecule has 0 heterocycles. The molecule has 2 nitrogen and oxygen atoms in total. The fraction of sp³-hybridized carbons (Fsp3) is 0.571. The van der Waals surface area contributed by atoms with Crippen molar-refractivity contribution in [2.45, 2.75) is 36.6 Å². The molecule has 3 atom stereocenters. The van der Waals surface area contributed by atoms with Gasteiger partial charge in [0.15, 0.2) is 0 Å². The first-order valence-electron chi connectivity index (χ1n) is 6.62. The van der Waals surface area contributed by atoms with Crippen LogP contribution in [0.1, 0.15) is 25.7 Å². The van der Waals surface area contributed by atoms with E-state index in [-0.39, 0.29) is 4.90 Å². The van der Waals surface area contributed by atoms with Crippen LogP contribution in [-0.4, -0.2) is 23.1 Å². The van der Waals surface area contributed by atoms with Crippen LogP contribution in [0.4, 0.5) is 8.78 Å². The molecule has 1 aliphatic rings. The monoisotopic (exact) mass is 287 g/mol. The van der Waals surface area contributed by atoms with Crippen LogP contribution in [0.2, 0.25) is 0 Å². The molecule has 19 heavy (non-hydrogen) atoms. The molecule has 0 amide bonds. The molecular weight excluding hydrogens is 268 g/mol. The zero-order chi connectivity index (χ0) is 13.8. The van der Waals surface area contributed by atoms with Gasteiger partial charge in [-0.15, -0.1) is 0 Å². The lowest BCUT2D eigenvalue weighted by molar-refractivity contribution is 0.416. The summed E-state index contributed by atoms with van der Waals surface area (Å²) in [7, 11) is 0.476. The quantitative estimate of drug-likeness (QED) is 0.902. The Kier molecular flexibility index (Phi) is 5.05. The lowest BCUT2D eigenvalue weighted by Gasteiger charge is -2.18. The first kappa shape index (κ1) is 14.6. The average molecular weight is 287 g/mol. The summed E-state index contributed by atoms with van der Waals surface area (Å²) in [6.45, 7) is 0. The van der Waals surface area contributed by atoms with Crippen LogP contribution >= 0.6 is 0 Å². The molecule has 106 valence electrons. The second-order valence-corrected chi connectivity index (χ2v) is 6.54. The molecule has 2 rings (SSSR count). The Bertz CT molecular complexity index is 467. The Labute approximate surface area is 115 Å². The van der Waals surface area contributed by atoms with E-state index in [2.05, 4.69) is 5.32 Å². The number of hydrogen-bond acceptors (Lipinski definition) is 2. The van der Waals surface area contributed by atoms with Crippen LogP contribution in [0.25, 0.3) is 0 Å². The zero-order valence-electron chi connectivity index (χ0n) is 11.0. The van der Waals surface area contributed by atoms with Crippen molar-refractivity contribution in [3.63, 3.8) is 0 Å². The van der Waals surface area contributed by atoms with E-state index in [1.807, 2.05) is 7.05 Å². The van der Waals surface area contributed by atoms with E-state index in [4.69, 9.17) is 0 Å². The summed E-state index contributed by atoms with van der Waals surface area (Å²) in [5, 5.41) is 3.26. The van der Waals surface area contributed by atoms with E-state index < -0.39 is 22.4 Å². The first-order chi connectivity index (χ1) is 9.11. The molecule has 0 saturated heterocycles. The van der Waals surface area contributed by atoms with Crippen LogP contribution in [-0.2, 0) is 10.8 Å². The van der Waals surface area contributed by atoms with Gasteiger partial charge in [0, 0.05) is 11.8 Å². The minimum absolute atomic E-state index is 0.0148. The SMILES string of the molecule is CNC1CCCC1CCS(=O)c1cc(F)ccc1F. The number of rotatable bonds is 5. The summed E-state index contributed by atoms with van der Waals surface area (Å²) in [6.07, 6.45) is 4.22. The van der Waals surface area contributed by atoms with Crippen molar-refractivity contribution in [3.8, 4) is 0 Å². The van der Waals surface area contributed by atoms with E-state index >= 15 is 0 Å². The molecule has 0 spiro atoms. The number of nitrogens with one attached hydrogen (secondary N) is 1. The van der Waals surface area contributed by atoms with Gasteiger partial charge in [-0.1, -0.05) is 6.42 Å². The van der Waals surface area contributed by atoms with E-state index in [9.17, 15) is 13.0 Å². The molecule has 0 aliphatic heterocycles. The predicted octanol–water partition coefficient (Wildman–Crippen LogP) is 2.85. The predicted molar refractivity (Wildman–Crippen MR) is 72.4 cm³/mol. The van der Waals surface area contributed by atoms with Crippen LogP contribution in [0, 0.1) is 17.6 Å². The van der Waals surface area contributed by atoms with Crippen molar-refractivity contribution in [3.05, 3.63) is 29.8 Å². The highest BCUT2D eigenvalue weighted by Crippen LogP contribution is 2.29. The van der Waals surface area contributed by atoms with Crippen molar-refractivity contribution in [2.24, 2.45) is 5.92 Å². The molecule has 1 fully saturated rings. The van der Waals surface area contributed by atoms with Crippen LogP contribution < -0.4 is 5.32 Å². The normalized spacial score (nSPS) is 24.6. The van der Waals surface area contributed by atoms with Crippen molar-refractivity contribution in [1.82, 2.24) is 5.32 Å². The number of halogens is 2. The van der Waals surface area contributed by atoms with Gasteiger partial charge in [-0.05, 0) is 50.4 Å². The summed E-state index contributed by atoms with van der Waals surface area (Å²) >= 11 is 0. The molecule has 0 bridgehead atoms. The lowest BCUT2D eigenvalue weighted by Crippen LogP contribution is -2.29. The fourth-order valence-electron chi connectivity index (χ4n) is 2.78. The maximum atomic E-state index is 13.5. The van der Waals surface area contributed by atoms with Gasteiger partial charge in [-0.25, -0.2) is 8.78 Å². The summed E-state index contributed by atoms with van der Waals surface area (Å²) < 4.78 is 38.6. The van der Waals surface area contributed by atoms with Crippen LogP contribution in [0.5, 0.6) is 0 Å². The third-order valence-corrected chi connectivity index (χ3v) is 5.25. The Balaban J connectivity index is 1.96. The Morgan fingerprint density at radius 2 is 2.16 bits per heavy atom. The molecule has 5 heteroatoms. The van der Waals surface area contributed by atoms with Crippen molar-refractivity contribution in [2.75, 3.05) is 12.8 Å². The highest BCUT2D eigenvalue weighted by Gasteiger charge is 2.26. The first-order valence-corrected chi connectivity index (χ1v) is 7.94. The molecule has 1 N–H and O–H groups in total. The Morgan fingerprint density at radius 3 is 2.89 bits per heavy atom. The Morgan fingerprint density at radius 1 is 1.37 bits per heavy atom. The summed E-state index contributed by atoms with van der Waals surface area (Å²) in [5.74, 6) is -0.246. The van der Waals surface area contributed by atoms with Gasteiger partial charge in [0.1, 0.15) is 11.6 Å². The number of hydrogen-bond donors (Lipinski definition) is 1. The minimum atomic E-state index is -1.46. The molecule has 3 unspecified atom stereocenters. The molecule has 0 radical (unpaired) electrons. The van der Waals surface area contributed by atoms with Crippen LogP contribution in [0.15, 0.2) is 23.1 Å². The number of benzene rings is 1. The largest absolute Gasteiger partial charge is 0.317 e.